The number of aromatic nitrogens is 2. The molecule has 1 aromatic carbocycles. The van der Waals surface area contributed by atoms with Crippen LogP contribution >= 0.6 is 0 Å². The highest BCUT2D eigenvalue weighted by Crippen LogP contribution is 2.31. The third-order valence-electron chi connectivity index (χ3n) is 5.17. The Hall–Kier alpha value is -2.83. The van der Waals surface area contributed by atoms with Crippen LogP contribution in [0.4, 0.5) is 13.2 Å². The summed E-state index contributed by atoms with van der Waals surface area (Å²) in [5, 5.41) is 1.02. The van der Waals surface area contributed by atoms with Crippen LogP contribution < -0.4 is 9.30 Å². The first-order valence-corrected chi connectivity index (χ1v) is 9.17. The number of alkyl halides is 3. The molecule has 7 heteroatoms. The van der Waals surface area contributed by atoms with Gasteiger partial charge in [-0.25, -0.2) is 0 Å². The molecule has 3 aromatic rings. The normalized spacial score (nSPS) is 17.2. The number of aryl methyl sites for hydroxylation is 1. The number of halogens is 3. The summed E-state index contributed by atoms with van der Waals surface area (Å²) < 4.78 is 45.5. The van der Waals surface area contributed by atoms with E-state index in [0.717, 1.165) is 16.5 Å². The van der Waals surface area contributed by atoms with Crippen LogP contribution in [0.2, 0.25) is 0 Å². The summed E-state index contributed by atoms with van der Waals surface area (Å²) in [4.78, 5) is 13.0. The maximum absolute atomic E-state index is 13.0. The number of nitrogens with zero attached hydrogens (tertiary/aromatic N) is 2. The zero-order valence-electron chi connectivity index (χ0n) is 15.5. The summed E-state index contributed by atoms with van der Waals surface area (Å²) >= 11 is 0. The van der Waals surface area contributed by atoms with Crippen LogP contribution in [0.25, 0.3) is 10.9 Å². The van der Waals surface area contributed by atoms with Crippen molar-refractivity contribution in [2.24, 2.45) is 0 Å². The zero-order chi connectivity index (χ0) is 20.1. The largest absolute Gasteiger partial charge is 0.573 e. The Bertz CT molecular complexity index is 1050. The van der Waals surface area contributed by atoms with Crippen molar-refractivity contribution >= 4 is 16.7 Å². The van der Waals surface area contributed by atoms with E-state index < -0.39 is 12.4 Å². The van der Waals surface area contributed by atoms with Crippen molar-refractivity contribution < 1.29 is 27.3 Å². The summed E-state index contributed by atoms with van der Waals surface area (Å²) in [5.41, 5.74) is 2.13. The van der Waals surface area contributed by atoms with E-state index in [1.54, 1.807) is 6.07 Å². The summed E-state index contributed by atoms with van der Waals surface area (Å²) in [6, 6.07) is 7.86. The number of hydrogen-bond donors (Lipinski definition) is 0. The predicted octanol–water partition coefficient (Wildman–Crippen LogP) is 4.78. The van der Waals surface area contributed by atoms with Crippen LogP contribution in [0.5, 0.6) is 5.75 Å². The summed E-state index contributed by atoms with van der Waals surface area (Å²) in [6.07, 6.45) is 2.25. The second kappa shape index (κ2) is 6.65. The fraction of sp³-hybridized carbons (Fsp3) is 0.333. The summed E-state index contributed by atoms with van der Waals surface area (Å²) in [5.74, 6) is -0.559. The first-order valence-electron chi connectivity index (χ1n) is 9.17. The second-order valence-electron chi connectivity index (χ2n) is 7.33. The van der Waals surface area contributed by atoms with Crippen LogP contribution in [0.15, 0.2) is 48.9 Å². The minimum absolute atomic E-state index is 0.193. The number of carbonyl (C=O) groups excluding carboxylic acids is 1. The highest BCUT2D eigenvalue weighted by Gasteiger charge is 2.36. The molecule has 0 fully saturated rings. The topological polar surface area (TPSA) is 35.1 Å². The molecule has 1 atom stereocenters. The van der Waals surface area contributed by atoms with Crippen LogP contribution in [-0.4, -0.2) is 16.7 Å². The van der Waals surface area contributed by atoms with E-state index in [1.807, 2.05) is 35.3 Å². The number of fused-ring (bicyclic) bond motifs is 2. The average molecular weight is 389 g/mol. The maximum Gasteiger partial charge on any atom is 0.573 e. The molecule has 0 saturated heterocycles. The van der Waals surface area contributed by atoms with Gasteiger partial charge >= 0.3 is 6.36 Å². The van der Waals surface area contributed by atoms with E-state index in [1.165, 1.54) is 12.1 Å². The molecule has 4 nitrogen and oxygen atoms in total. The quantitative estimate of drug-likeness (QED) is 0.605. The van der Waals surface area contributed by atoms with E-state index in [2.05, 4.69) is 23.2 Å². The van der Waals surface area contributed by atoms with Crippen molar-refractivity contribution in [3.8, 4) is 5.75 Å². The van der Waals surface area contributed by atoms with E-state index >= 15 is 0 Å². The van der Waals surface area contributed by atoms with Gasteiger partial charge in [-0.2, -0.15) is 4.57 Å². The smallest absolute Gasteiger partial charge is 0.406 e. The highest BCUT2D eigenvalue weighted by atomic mass is 19.4. The van der Waals surface area contributed by atoms with Crippen LogP contribution in [0.3, 0.4) is 0 Å². The molecule has 0 spiro atoms. The molecule has 2 heterocycles. The van der Waals surface area contributed by atoms with Gasteiger partial charge in [-0.15, -0.1) is 13.2 Å². The number of ether oxygens (including phenoxy) is 1. The third kappa shape index (κ3) is 3.37. The minimum Gasteiger partial charge on any atom is -0.406 e. The van der Waals surface area contributed by atoms with Gasteiger partial charge in [0.25, 0.3) is 0 Å². The predicted molar refractivity (Wildman–Crippen MR) is 97.3 cm³/mol. The van der Waals surface area contributed by atoms with Gasteiger partial charge in [0.05, 0.1) is 10.9 Å². The van der Waals surface area contributed by atoms with Crippen molar-refractivity contribution in [2.45, 2.75) is 45.1 Å². The SMILES string of the molecule is CC(C)n1ccc2c[n+](C3CCc4ccc(OC(F)(F)F)cc4C3=O)ccc21. The lowest BCUT2D eigenvalue weighted by Gasteiger charge is -2.21. The van der Waals surface area contributed by atoms with Crippen molar-refractivity contribution in [3.05, 3.63) is 60.0 Å². The molecule has 0 amide bonds. The van der Waals surface area contributed by atoms with Gasteiger partial charge in [-0.3, -0.25) is 4.79 Å². The number of hydrogen-bond acceptors (Lipinski definition) is 2. The first kappa shape index (κ1) is 18.5. The molecule has 1 aliphatic carbocycles. The van der Waals surface area contributed by atoms with Crippen LogP contribution in [0.1, 0.15) is 48.3 Å². The first-order chi connectivity index (χ1) is 13.2. The Balaban J connectivity index is 1.67. The molecular weight excluding hydrogens is 369 g/mol. The van der Waals surface area contributed by atoms with E-state index in [-0.39, 0.29) is 11.5 Å². The Kier molecular flexibility index (Phi) is 4.40. The van der Waals surface area contributed by atoms with Crippen molar-refractivity contribution in [1.82, 2.24) is 4.57 Å². The lowest BCUT2D eigenvalue weighted by Crippen LogP contribution is -2.45. The van der Waals surface area contributed by atoms with Gasteiger partial charge in [0.1, 0.15) is 5.75 Å². The minimum atomic E-state index is -4.78. The number of rotatable bonds is 3. The number of pyridine rings is 1. The number of ketones is 1. The highest BCUT2D eigenvalue weighted by molar-refractivity contribution is 6.00. The zero-order valence-corrected chi connectivity index (χ0v) is 15.5. The molecule has 4 rings (SSSR count). The van der Waals surface area contributed by atoms with Gasteiger partial charge in [-0.1, -0.05) is 6.07 Å². The van der Waals surface area contributed by atoms with Crippen molar-refractivity contribution in [3.63, 3.8) is 0 Å². The molecule has 0 N–H and O–H groups in total. The van der Waals surface area contributed by atoms with Gasteiger partial charge < -0.3 is 9.30 Å². The maximum atomic E-state index is 13.0. The molecule has 0 bridgehead atoms. The third-order valence-corrected chi connectivity index (χ3v) is 5.17. The van der Waals surface area contributed by atoms with Crippen LogP contribution in [0, 0.1) is 0 Å². The number of Topliss-reactive ketones (excluding diaryl/α,β-unsaturated/α-hetero) is 1. The van der Waals surface area contributed by atoms with Gasteiger partial charge in [0.15, 0.2) is 12.4 Å². The van der Waals surface area contributed by atoms with E-state index in [9.17, 15) is 18.0 Å². The van der Waals surface area contributed by atoms with E-state index in [4.69, 9.17) is 0 Å². The van der Waals surface area contributed by atoms with Gasteiger partial charge in [0, 0.05) is 30.3 Å². The molecule has 0 aliphatic heterocycles. The Labute approximate surface area is 160 Å². The molecule has 1 aliphatic rings. The molecule has 2 aromatic heterocycles. The van der Waals surface area contributed by atoms with E-state index in [0.29, 0.717) is 24.4 Å². The van der Waals surface area contributed by atoms with Crippen molar-refractivity contribution in [1.29, 1.82) is 0 Å². The lowest BCUT2D eigenvalue weighted by atomic mass is 9.86. The monoisotopic (exact) mass is 389 g/mol. The lowest BCUT2D eigenvalue weighted by molar-refractivity contribution is -0.707. The molecule has 0 saturated carbocycles. The van der Waals surface area contributed by atoms with Gasteiger partial charge in [-0.05, 0) is 44.0 Å². The molecule has 0 radical (unpaired) electrons. The Morgan fingerprint density at radius 3 is 2.71 bits per heavy atom. The summed E-state index contributed by atoms with van der Waals surface area (Å²) in [7, 11) is 0. The number of carbonyl (C=O) groups is 1. The molecule has 1 unspecified atom stereocenters. The Morgan fingerprint density at radius 1 is 1.21 bits per heavy atom. The fourth-order valence-electron chi connectivity index (χ4n) is 3.86. The van der Waals surface area contributed by atoms with Crippen LogP contribution in [-0.2, 0) is 6.42 Å². The average Bonchev–Trinajstić information content (AvgIpc) is 3.04. The molecule has 28 heavy (non-hydrogen) atoms. The molecular formula is C21H20F3N2O2+. The Morgan fingerprint density at radius 2 is 2.00 bits per heavy atom. The second-order valence-corrected chi connectivity index (χ2v) is 7.33. The van der Waals surface area contributed by atoms with Gasteiger partial charge in [0.2, 0.25) is 11.8 Å². The molecule has 146 valence electrons. The fourth-order valence-corrected chi connectivity index (χ4v) is 3.86. The number of benzene rings is 1. The van der Waals surface area contributed by atoms with Crippen molar-refractivity contribution in [2.75, 3.05) is 0 Å². The standard InChI is InChI=1S/C21H20F3N2O2/c1-13(2)26-10-7-15-12-25(9-8-18(15)26)19-6-4-14-3-5-16(28-21(22,23)24)11-17(14)20(19)27/h3,5,7-13,19H,4,6H2,1-2H3/q+1. The summed E-state index contributed by atoms with van der Waals surface area (Å²) in [6.45, 7) is 4.20.